The van der Waals surface area contributed by atoms with Crippen LogP contribution in [0, 0.1) is 0 Å². The van der Waals surface area contributed by atoms with Crippen LogP contribution in [0.3, 0.4) is 0 Å². The molecule has 2 amide bonds. The summed E-state index contributed by atoms with van der Waals surface area (Å²) in [4.78, 5) is 25.8. The molecular formula is C16H18N2O2S. The molecule has 2 aromatic rings. The number of hydrogen-bond donors (Lipinski definition) is 1. The summed E-state index contributed by atoms with van der Waals surface area (Å²) in [5.41, 5.74) is 1.09. The van der Waals surface area contributed by atoms with Crippen molar-refractivity contribution in [2.45, 2.75) is 19.9 Å². The molecule has 0 aliphatic carbocycles. The number of anilines is 1. The third kappa shape index (κ3) is 3.70. The molecule has 1 atom stereocenters. The van der Waals surface area contributed by atoms with Crippen LogP contribution >= 0.6 is 11.3 Å². The van der Waals surface area contributed by atoms with Gasteiger partial charge in [0.15, 0.2) is 0 Å². The average Bonchev–Trinajstić information content (AvgIpc) is 2.93. The maximum absolute atomic E-state index is 12.5. The van der Waals surface area contributed by atoms with E-state index in [-0.39, 0.29) is 17.9 Å². The van der Waals surface area contributed by atoms with E-state index in [0.29, 0.717) is 9.88 Å². The Kier molecular flexibility index (Phi) is 4.75. The smallest absolute Gasteiger partial charge is 0.264 e. The number of carbonyl (C=O) groups is 2. The Morgan fingerprint density at radius 1 is 1.14 bits per heavy atom. The zero-order valence-electron chi connectivity index (χ0n) is 12.3. The number of nitrogens with one attached hydrogen (secondary N) is 1. The number of hydrogen-bond acceptors (Lipinski definition) is 3. The molecule has 0 aliphatic heterocycles. The Morgan fingerprint density at radius 2 is 1.81 bits per heavy atom. The average molecular weight is 302 g/mol. The largest absolute Gasteiger partial charge is 0.334 e. The van der Waals surface area contributed by atoms with Crippen LogP contribution in [0.15, 0.2) is 42.5 Å². The first kappa shape index (κ1) is 15.3. The lowest BCUT2D eigenvalue weighted by Crippen LogP contribution is -2.29. The first-order valence-corrected chi connectivity index (χ1v) is 7.50. The van der Waals surface area contributed by atoms with Gasteiger partial charge in [-0.05, 0) is 24.6 Å². The van der Waals surface area contributed by atoms with Crippen molar-refractivity contribution in [1.82, 2.24) is 4.90 Å². The molecule has 0 saturated heterocycles. The van der Waals surface area contributed by atoms with E-state index in [4.69, 9.17) is 0 Å². The summed E-state index contributed by atoms with van der Waals surface area (Å²) in [7, 11) is 1.79. The third-order valence-electron chi connectivity index (χ3n) is 3.30. The van der Waals surface area contributed by atoms with E-state index in [1.165, 1.54) is 18.3 Å². The van der Waals surface area contributed by atoms with Crippen LogP contribution in [0.2, 0.25) is 0 Å². The topological polar surface area (TPSA) is 49.4 Å². The summed E-state index contributed by atoms with van der Waals surface area (Å²) in [6, 6.07) is 13.4. The van der Waals surface area contributed by atoms with Crippen molar-refractivity contribution in [2.75, 3.05) is 12.4 Å². The Balaban J connectivity index is 2.12. The molecule has 1 heterocycles. The molecule has 1 aromatic carbocycles. The third-order valence-corrected chi connectivity index (χ3v) is 4.29. The van der Waals surface area contributed by atoms with Crippen molar-refractivity contribution in [3.8, 4) is 0 Å². The highest BCUT2D eigenvalue weighted by atomic mass is 32.1. The second kappa shape index (κ2) is 6.54. The number of carbonyl (C=O) groups excluding carboxylic acids is 2. The summed E-state index contributed by atoms with van der Waals surface area (Å²) in [5.74, 6) is -0.185. The van der Waals surface area contributed by atoms with Crippen LogP contribution in [0.1, 0.15) is 35.1 Å². The van der Waals surface area contributed by atoms with Gasteiger partial charge in [-0.1, -0.05) is 30.3 Å². The van der Waals surface area contributed by atoms with Gasteiger partial charge in [-0.25, -0.2) is 0 Å². The van der Waals surface area contributed by atoms with Crippen molar-refractivity contribution in [3.63, 3.8) is 0 Å². The quantitative estimate of drug-likeness (QED) is 0.939. The van der Waals surface area contributed by atoms with Gasteiger partial charge in [-0.3, -0.25) is 9.59 Å². The fourth-order valence-corrected chi connectivity index (χ4v) is 2.93. The van der Waals surface area contributed by atoms with E-state index >= 15 is 0 Å². The van der Waals surface area contributed by atoms with E-state index in [0.717, 1.165) is 5.56 Å². The lowest BCUT2D eigenvalue weighted by atomic mass is 10.1. The lowest BCUT2D eigenvalue weighted by molar-refractivity contribution is -0.114. The highest BCUT2D eigenvalue weighted by Crippen LogP contribution is 2.26. The Bertz CT molecular complexity index is 637. The van der Waals surface area contributed by atoms with Crippen LogP contribution in [0.5, 0.6) is 0 Å². The minimum Gasteiger partial charge on any atom is -0.334 e. The van der Waals surface area contributed by atoms with E-state index in [1.54, 1.807) is 24.1 Å². The van der Waals surface area contributed by atoms with Gasteiger partial charge in [0, 0.05) is 14.0 Å². The Morgan fingerprint density at radius 3 is 2.43 bits per heavy atom. The highest BCUT2D eigenvalue weighted by molar-refractivity contribution is 7.18. The fourth-order valence-electron chi connectivity index (χ4n) is 2.00. The fraction of sp³-hybridized carbons (Fsp3) is 0.250. The second-order valence-electron chi connectivity index (χ2n) is 4.85. The van der Waals surface area contributed by atoms with Gasteiger partial charge in [0.1, 0.15) is 0 Å². The van der Waals surface area contributed by atoms with Crippen LogP contribution in [-0.4, -0.2) is 23.8 Å². The van der Waals surface area contributed by atoms with Gasteiger partial charge < -0.3 is 10.2 Å². The molecule has 0 bridgehead atoms. The minimum atomic E-state index is -0.137. The first-order valence-electron chi connectivity index (χ1n) is 6.68. The van der Waals surface area contributed by atoms with Gasteiger partial charge >= 0.3 is 0 Å². The Hall–Kier alpha value is -2.14. The zero-order valence-corrected chi connectivity index (χ0v) is 13.1. The van der Waals surface area contributed by atoms with E-state index in [9.17, 15) is 9.59 Å². The van der Waals surface area contributed by atoms with E-state index < -0.39 is 0 Å². The minimum absolute atomic E-state index is 0.00924. The molecule has 0 fully saturated rings. The number of benzene rings is 1. The molecule has 110 valence electrons. The summed E-state index contributed by atoms with van der Waals surface area (Å²) < 4.78 is 0. The van der Waals surface area contributed by atoms with Crippen LogP contribution in [0.25, 0.3) is 0 Å². The SMILES string of the molecule is CC(=O)Nc1ccc(C(=O)N(C)C(C)c2ccccc2)s1. The molecule has 5 heteroatoms. The normalized spacial score (nSPS) is 11.8. The molecule has 0 radical (unpaired) electrons. The van der Waals surface area contributed by atoms with Crippen molar-refractivity contribution < 1.29 is 9.59 Å². The van der Waals surface area contributed by atoms with E-state index in [1.807, 2.05) is 37.3 Å². The summed E-state index contributed by atoms with van der Waals surface area (Å²) in [6.45, 7) is 3.44. The summed E-state index contributed by atoms with van der Waals surface area (Å²) >= 11 is 1.29. The molecule has 0 aliphatic rings. The van der Waals surface area contributed by atoms with E-state index in [2.05, 4.69) is 5.32 Å². The molecule has 4 nitrogen and oxygen atoms in total. The maximum atomic E-state index is 12.5. The predicted molar refractivity (Wildman–Crippen MR) is 85.6 cm³/mol. The molecule has 1 aromatic heterocycles. The predicted octanol–water partition coefficient (Wildman–Crippen LogP) is 3.54. The monoisotopic (exact) mass is 302 g/mol. The lowest BCUT2D eigenvalue weighted by Gasteiger charge is -2.24. The molecule has 21 heavy (non-hydrogen) atoms. The van der Waals surface area contributed by atoms with Crippen LogP contribution in [0.4, 0.5) is 5.00 Å². The van der Waals surface area contributed by atoms with Crippen molar-refractivity contribution >= 4 is 28.2 Å². The number of nitrogens with zero attached hydrogens (tertiary/aromatic N) is 1. The van der Waals surface area contributed by atoms with Crippen LogP contribution < -0.4 is 5.32 Å². The van der Waals surface area contributed by atoms with Gasteiger partial charge in [0.25, 0.3) is 5.91 Å². The highest BCUT2D eigenvalue weighted by Gasteiger charge is 2.20. The maximum Gasteiger partial charge on any atom is 0.264 e. The first-order chi connectivity index (χ1) is 9.99. The summed E-state index contributed by atoms with van der Waals surface area (Å²) in [5, 5.41) is 3.38. The molecular weight excluding hydrogens is 284 g/mol. The molecule has 0 saturated carbocycles. The number of rotatable bonds is 4. The molecule has 1 unspecified atom stereocenters. The van der Waals surface area contributed by atoms with Crippen molar-refractivity contribution in [2.24, 2.45) is 0 Å². The second-order valence-corrected chi connectivity index (χ2v) is 5.93. The van der Waals surface area contributed by atoms with Gasteiger partial charge in [-0.2, -0.15) is 0 Å². The van der Waals surface area contributed by atoms with Crippen molar-refractivity contribution in [1.29, 1.82) is 0 Å². The Labute approximate surface area is 128 Å². The van der Waals surface area contributed by atoms with Gasteiger partial charge in [-0.15, -0.1) is 11.3 Å². The zero-order chi connectivity index (χ0) is 15.4. The number of thiophene rings is 1. The molecule has 1 N–H and O–H groups in total. The standard InChI is InChI=1S/C16H18N2O2S/c1-11(13-7-5-4-6-8-13)18(3)16(20)14-9-10-15(21-14)17-12(2)19/h4-11H,1-3H3,(H,17,19). The summed E-state index contributed by atoms with van der Waals surface area (Å²) in [6.07, 6.45) is 0. The molecule has 2 rings (SSSR count). The van der Waals surface area contributed by atoms with Gasteiger partial charge in [0.2, 0.25) is 5.91 Å². The van der Waals surface area contributed by atoms with Crippen molar-refractivity contribution in [3.05, 3.63) is 52.9 Å². The van der Waals surface area contributed by atoms with Crippen LogP contribution in [-0.2, 0) is 4.79 Å². The van der Waals surface area contributed by atoms with Gasteiger partial charge in [0.05, 0.1) is 15.9 Å². The molecule has 0 spiro atoms. The number of amides is 2.